The highest BCUT2D eigenvalue weighted by Crippen LogP contribution is 2.40. The van der Waals surface area contributed by atoms with Gasteiger partial charge in [-0.2, -0.15) is 13.2 Å². The number of aryl methyl sites for hydroxylation is 2. The highest BCUT2D eigenvalue weighted by Gasteiger charge is 2.40. The van der Waals surface area contributed by atoms with Gasteiger partial charge in [-0.3, -0.25) is 4.90 Å². The molecule has 52 heavy (non-hydrogen) atoms. The van der Waals surface area contributed by atoms with E-state index in [1.54, 1.807) is 25.2 Å². The summed E-state index contributed by atoms with van der Waals surface area (Å²) in [5.41, 5.74) is 5.51. The van der Waals surface area contributed by atoms with E-state index in [0.29, 0.717) is 77.6 Å². The monoisotopic (exact) mass is 764 g/mol. The van der Waals surface area contributed by atoms with Crippen molar-refractivity contribution in [3.05, 3.63) is 51.4 Å². The first-order chi connectivity index (χ1) is 24.2. The number of anilines is 1. The quantitative estimate of drug-likeness (QED) is 0.0817. The minimum atomic E-state index is -4.25. The number of hydroxylamine groups is 2. The zero-order chi connectivity index (χ0) is 38.2. The van der Waals surface area contributed by atoms with Crippen molar-refractivity contribution in [3.8, 4) is 28.4 Å². The molecule has 0 fully saturated rings. The Labute approximate surface area is 309 Å². The fraction of sp³-hybridized carbons (Fsp3) is 0.556. The molecule has 0 spiro atoms. The van der Waals surface area contributed by atoms with Crippen molar-refractivity contribution in [2.75, 3.05) is 57.9 Å². The van der Waals surface area contributed by atoms with E-state index in [0.717, 1.165) is 22.3 Å². The van der Waals surface area contributed by atoms with E-state index in [4.69, 9.17) is 40.1 Å². The van der Waals surface area contributed by atoms with Crippen LogP contribution in [0.3, 0.4) is 0 Å². The molecule has 5 rings (SSSR count). The number of carbonyl (C=O) groups excluding carboxylic acids is 1. The molecule has 0 aliphatic carbocycles. The van der Waals surface area contributed by atoms with E-state index in [9.17, 15) is 18.0 Å². The summed E-state index contributed by atoms with van der Waals surface area (Å²) in [7, 11) is -0.633. The number of carbonyl (C=O) groups is 1. The van der Waals surface area contributed by atoms with E-state index >= 15 is 0 Å². The highest BCUT2D eigenvalue weighted by molar-refractivity contribution is 6.74. The largest absolute Gasteiger partial charge is 0.493 e. The second kappa shape index (κ2) is 15.4. The third-order valence-corrected chi connectivity index (χ3v) is 14.6. The number of rotatable bonds is 11. The van der Waals surface area contributed by atoms with Gasteiger partial charge in [0.1, 0.15) is 17.3 Å². The van der Waals surface area contributed by atoms with E-state index in [1.807, 2.05) is 20.8 Å². The van der Waals surface area contributed by atoms with Crippen LogP contribution in [-0.2, 0) is 9.26 Å². The second-order valence-electron chi connectivity index (χ2n) is 15.0. The van der Waals surface area contributed by atoms with E-state index in [-0.39, 0.29) is 24.8 Å². The Balaban J connectivity index is 1.32. The van der Waals surface area contributed by atoms with Crippen molar-refractivity contribution in [2.24, 2.45) is 0 Å². The van der Waals surface area contributed by atoms with Gasteiger partial charge in [0, 0.05) is 50.8 Å². The van der Waals surface area contributed by atoms with Gasteiger partial charge in [0.25, 0.3) is 0 Å². The van der Waals surface area contributed by atoms with Crippen LogP contribution in [0.4, 0.5) is 23.8 Å². The van der Waals surface area contributed by atoms with Crippen molar-refractivity contribution in [1.29, 1.82) is 0 Å². The Hall–Kier alpha value is -3.66. The summed E-state index contributed by atoms with van der Waals surface area (Å²) < 4.78 is 62.5. The zero-order valence-corrected chi connectivity index (χ0v) is 33.1. The maximum atomic E-state index is 13.2. The smallest absolute Gasteiger partial charge is 0.432 e. The van der Waals surface area contributed by atoms with Gasteiger partial charge in [0.05, 0.1) is 41.7 Å². The summed E-state index contributed by atoms with van der Waals surface area (Å²) in [6, 6.07) is 5.22. The predicted octanol–water partition coefficient (Wildman–Crippen LogP) is 8.54. The zero-order valence-electron chi connectivity index (χ0n) is 31.3. The molecular formula is C36H48ClF3N6O5Si. The molecule has 0 radical (unpaired) electrons. The topological polar surface area (TPSA) is 106 Å². The van der Waals surface area contributed by atoms with Crippen molar-refractivity contribution in [2.45, 2.75) is 78.7 Å². The first-order valence-corrected chi connectivity index (χ1v) is 20.6. The lowest BCUT2D eigenvalue weighted by Gasteiger charge is -2.37. The van der Waals surface area contributed by atoms with E-state index < -0.39 is 27.1 Å². The molecule has 4 heterocycles. The molecule has 11 nitrogen and oxygen atoms in total. The summed E-state index contributed by atoms with van der Waals surface area (Å²) in [6.07, 6.45) is -3.81. The Morgan fingerprint density at radius 1 is 1.06 bits per heavy atom. The van der Waals surface area contributed by atoms with Crippen LogP contribution in [-0.4, -0.2) is 98.7 Å². The van der Waals surface area contributed by atoms with Crippen molar-refractivity contribution in [3.63, 3.8) is 0 Å². The number of benzene rings is 1. The molecule has 0 bridgehead atoms. The number of hydrogen-bond donors (Lipinski definition) is 0. The number of hydrogen-bond acceptors (Lipinski definition) is 10. The third kappa shape index (κ3) is 9.09. The van der Waals surface area contributed by atoms with Gasteiger partial charge in [-0.15, -0.1) is 0 Å². The Morgan fingerprint density at radius 3 is 2.42 bits per heavy atom. The molecule has 0 unspecified atom stereocenters. The van der Waals surface area contributed by atoms with E-state index in [1.165, 1.54) is 9.96 Å². The van der Waals surface area contributed by atoms with Crippen LogP contribution in [0.25, 0.3) is 22.6 Å². The molecule has 0 saturated heterocycles. The molecule has 2 aliphatic rings. The first-order valence-electron chi connectivity index (χ1n) is 17.3. The van der Waals surface area contributed by atoms with Crippen molar-refractivity contribution in [1.82, 2.24) is 25.1 Å². The first kappa shape index (κ1) is 39.5. The predicted molar refractivity (Wildman–Crippen MR) is 196 cm³/mol. The number of aromatic nitrogens is 3. The van der Waals surface area contributed by atoms with Crippen LogP contribution in [0.2, 0.25) is 23.2 Å². The van der Waals surface area contributed by atoms with Gasteiger partial charge >= 0.3 is 12.3 Å². The van der Waals surface area contributed by atoms with Crippen LogP contribution >= 0.6 is 11.6 Å². The van der Waals surface area contributed by atoms with Gasteiger partial charge in [0.2, 0.25) is 8.32 Å². The number of amides is 1. The summed E-state index contributed by atoms with van der Waals surface area (Å²) in [5, 5.41) is 5.66. The van der Waals surface area contributed by atoms with Gasteiger partial charge in [0.15, 0.2) is 5.82 Å². The molecular weight excluding hydrogens is 717 g/mol. The fourth-order valence-corrected chi connectivity index (χ4v) is 7.35. The number of nitrogens with zero attached hydrogens (tertiary/aromatic N) is 6. The normalized spacial score (nSPS) is 15.7. The Morgan fingerprint density at radius 2 is 1.77 bits per heavy atom. The van der Waals surface area contributed by atoms with Crippen LogP contribution in [0.5, 0.6) is 5.75 Å². The summed E-state index contributed by atoms with van der Waals surface area (Å²) in [5.74, 6) is 2.13. The van der Waals surface area contributed by atoms with Crippen molar-refractivity contribution < 1.29 is 36.5 Å². The number of ether oxygens (including phenoxy) is 2. The van der Waals surface area contributed by atoms with Gasteiger partial charge < -0.3 is 23.4 Å². The average molecular weight is 765 g/mol. The minimum absolute atomic E-state index is 0.0658. The molecule has 1 aromatic carbocycles. The standard InChI is InChI=1S/C36H48ClF3N6O5Si/c1-22-31(30-23(2)43-50-24(30)3)41-32(42-33(22)46-19-25-13-14-45(18-26(25)20-46)21-36(38,39)40)28-17-27(11-12-29(28)37)48-15-10-16-49-34(47)44(7)51-52(8,9)35(4,5)6/h11-12,17H,10,13-16,18-21H2,1-9H3. The van der Waals surface area contributed by atoms with Crippen molar-refractivity contribution >= 4 is 31.8 Å². The summed E-state index contributed by atoms with van der Waals surface area (Å²) in [4.78, 5) is 26.1. The van der Waals surface area contributed by atoms with Gasteiger partial charge in [-0.05, 0) is 74.7 Å². The SMILES string of the molecule is Cc1noc(C)c1-c1nc(-c2cc(OCCCOC(=O)N(C)O[Si](C)(C)C(C)(C)C)ccc2Cl)nc(N2CC3=C(CN(CC(F)(F)F)CC3)C2)c1C. The minimum Gasteiger partial charge on any atom is -0.493 e. The maximum absolute atomic E-state index is 13.2. The third-order valence-electron chi connectivity index (χ3n) is 9.89. The van der Waals surface area contributed by atoms with Crippen LogP contribution < -0.4 is 9.64 Å². The Bertz CT molecular complexity index is 1810. The molecule has 16 heteroatoms. The van der Waals surface area contributed by atoms with Crippen LogP contribution in [0.1, 0.15) is 50.6 Å². The molecule has 284 valence electrons. The lowest BCUT2D eigenvalue weighted by Crippen LogP contribution is -2.47. The molecule has 1 amide bonds. The highest BCUT2D eigenvalue weighted by atomic mass is 35.5. The van der Waals surface area contributed by atoms with Gasteiger partial charge in [-0.1, -0.05) is 37.5 Å². The van der Waals surface area contributed by atoms with Crippen LogP contribution in [0, 0.1) is 20.8 Å². The molecule has 0 N–H and O–H groups in total. The second-order valence-corrected chi connectivity index (χ2v) is 20.1. The summed E-state index contributed by atoms with van der Waals surface area (Å²) >= 11 is 6.76. The van der Waals surface area contributed by atoms with Crippen LogP contribution in [0.15, 0.2) is 33.9 Å². The Kier molecular flexibility index (Phi) is 11.7. The lowest BCUT2D eigenvalue weighted by molar-refractivity contribution is -0.145. The number of alkyl halides is 3. The molecule has 3 aromatic rings. The molecule has 0 atom stereocenters. The summed E-state index contributed by atoms with van der Waals surface area (Å²) in [6.45, 7) is 17.1. The van der Waals surface area contributed by atoms with E-state index in [2.05, 4.69) is 43.9 Å². The lowest BCUT2D eigenvalue weighted by atomic mass is 10.0. The molecule has 2 aromatic heterocycles. The molecule has 0 saturated carbocycles. The fourth-order valence-electron chi connectivity index (χ4n) is 6.12. The average Bonchev–Trinajstić information content (AvgIpc) is 3.61. The van der Waals surface area contributed by atoms with Gasteiger partial charge in [-0.25, -0.2) is 19.8 Å². The molecule has 2 aliphatic heterocycles. The number of halogens is 4. The maximum Gasteiger partial charge on any atom is 0.432 e.